The normalized spacial score (nSPS) is 9.94. The van der Waals surface area contributed by atoms with Crippen molar-refractivity contribution in [1.82, 2.24) is 0 Å². The lowest BCUT2D eigenvalue weighted by Gasteiger charge is -1.98. The molecular formula is C12H14ClNO2. The molecule has 0 amide bonds. The van der Waals surface area contributed by atoms with E-state index in [1.165, 1.54) is 0 Å². The summed E-state index contributed by atoms with van der Waals surface area (Å²) < 4.78 is 6.27. The third kappa shape index (κ3) is 2.04. The van der Waals surface area contributed by atoms with Gasteiger partial charge in [0, 0.05) is 13.8 Å². The molecular weight excluding hydrogens is 226 g/mol. The van der Waals surface area contributed by atoms with Crippen molar-refractivity contribution in [3.63, 3.8) is 0 Å². The average molecular weight is 240 g/mol. The van der Waals surface area contributed by atoms with E-state index < -0.39 is 0 Å². The van der Waals surface area contributed by atoms with E-state index >= 15 is 0 Å². The molecule has 1 heterocycles. The Morgan fingerprint density at radius 1 is 1.19 bits per heavy atom. The second-order valence-electron chi connectivity index (χ2n) is 3.71. The molecule has 0 unspecified atom stereocenters. The Balaban J connectivity index is 0.00000128. The van der Waals surface area contributed by atoms with Crippen LogP contribution >= 0.6 is 12.4 Å². The molecule has 16 heavy (non-hydrogen) atoms. The Hall–Kier alpha value is -1.48. The van der Waals surface area contributed by atoms with Crippen LogP contribution in [0.3, 0.4) is 0 Å². The van der Waals surface area contributed by atoms with E-state index in [0.717, 1.165) is 15.9 Å². The lowest BCUT2D eigenvalue weighted by atomic mass is 10.1. The maximum atomic E-state index is 11.7. The van der Waals surface area contributed by atoms with Crippen molar-refractivity contribution in [3.05, 3.63) is 46.5 Å². The number of hydrogen-bond acceptors (Lipinski definition) is 2. The van der Waals surface area contributed by atoms with Gasteiger partial charge in [0.05, 0.1) is 5.56 Å². The van der Waals surface area contributed by atoms with Crippen molar-refractivity contribution in [3.8, 4) is 11.5 Å². The molecule has 0 saturated heterocycles. The summed E-state index contributed by atoms with van der Waals surface area (Å²) in [5, 5.41) is 11.7. The molecule has 3 nitrogen and oxygen atoms in total. The number of rotatable bonds is 1. The maximum absolute atomic E-state index is 11.7. The predicted molar refractivity (Wildman–Crippen MR) is 64.6 cm³/mol. The molecule has 1 aromatic carbocycles. The van der Waals surface area contributed by atoms with Gasteiger partial charge in [-0.15, -0.1) is 17.1 Å². The van der Waals surface area contributed by atoms with Crippen molar-refractivity contribution in [2.24, 2.45) is 0 Å². The first kappa shape index (κ1) is 12.6. The summed E-state index contributed by atoms with van der Waals surface area (Å²) in [5.41, 5.74) is 2.55. The zero-order valence-corrected chi connectivity index (χ0v) is 10.3. The van der Waals surface area contributed by atoms with Gasteiger partial charge in [-0.2, -0.15) is 0 Å². The van der Waals surface area contributed by atoms with Gasteiger partial charge < -0.3 is 9.62 Å². The summed E-state index contributed by atoms with van der Waals surface area (Å²) in [5.74, 6) is 1.04. The van der Waals surface area contributed by atoms with Crippen molar-refractivity contribution < 1.29 is 9.15 Å². The highest BCUT2D eigenvalue weighted by Crippen LogP contribution is 2.20. The van der Waals surface area contributed by atoms with E-state index in [9.17, 15) is 5.21 Å². The number of halogens is 1. The molecule has 0 fully saturated rings. The number of benzene rings is 1. The highest BCUT2D eigenvalue weighted by atomic mass is 35.5. The Bertz CT molecular complexity index is 506. The van der Waals surface area contributed by atoms with E-state index in [-0.39, 0.29) is 12.4 Å². The molecule has 0 spiro atoms. The smallest absolute Gasteiger partial charge is 0.392 e. The SMILES string of the molecule is Cc1cccc(-c2oc(C)c(C)[n+]2[O-])c1.Cl. The average Bonchev–Trinajstić information content (AvgIpc) is 2.46. The van der Waals surface area contributed by atoms with Crippen LogP contribution < -0.4 is 4.73 Å². The lowest BCUT2D eigenvalue weighted by molar-refractivity contribution is -0.602. The molecule has 0 aliphatic rings. The quantitative estimate of drug-likeness (QED) is 0.567. The molecule has 0 saturated carbocycles. The van der Waals surface area contributed by atoms with Crippen LogP contribution in [0.15, 0.2) is 28.7 Å². The first-order valence-corrected chi connectivity index (χ1v) is 4.86. The maximum Gasteiger partial charge on any atom is 0.392 e. The zero-order chi connectivity index (χ0) is 11.0. The molecule has 2 rings (SSSR count). The van der Waals surface area contributed by atoms with Crippen LogP contribution in [0, 0.1) is 26.0 Å². The largest absolute Gasteiger partial charge is 0.616 e. The standard InChI is InChI=1S/C12H13NO2.ClH/c1-8-5-4-6-11(7-8)12-13(14)9(2)10(3)15-12;/h4-7H,1-3H3;1H. The zero-order valence-electron chi connectivity index (χ0n) is 9.48. The summed E-state index contributed by atoms with van der Waals surface area (Å²) in [4.78, 5) is 0. The molecule has 0 aliphatic heterocycles. The van der Waals surface area contributed by atoms with Gasteiger partial charge >= 0.3 is 5.89 Å². The fraction of sp³-hybridized carbons (Fsp3) is 0.250. The molecule has 0 aliphatic carbocycles. The van der Waals surface area contributed by atoms with Crippen molar-refractivity contribution in [2.75, 3.05) is 0 Å². The van der Waals surface area contributed by atoms with Crippen molar-refractivity contribution in [2.45, 2.75) is 20.8 Å². The molecule has 2 aromatic rings. The van der Waals surface area contributed by atoms with Crippen LogP contribution in [0.5, 0.6) is 0 Å². The number of hydrogen-bond donors (Lipinski definition) is 0. The first-order chi connectivity index (χ1) is 7.09. The summed E-state index contributed by atoms with van der Waals surface area (Å²) in [6.07, 6.45) is 0. The van der Waals surface area contributed by atoms with Crippen LogP contribution in [-0.4, -0.2) is 0 Å². The van der Waals surface area contributed by atoms with Gasteiger partial charge in [-0.3, -0.25) is 0 Å². The third-order valence-corrected chi connectivity index (χ3v) is 2.51. The van der Waals surface area contributed by atoms with Crippen molar-refractivity contribution in [1.29, 1.82) is 0 Å². The van der Waals surface area contributed by atoms with Crippen molar-refractivity contribution >= 4 is 12.4 Å². The first-order valence-electron chi connectivity index (χ1n) is 4.86. The molecule has 0 bridgehead atoms. The Morgan fingerprint density at radius 3 is 2.38 bits per heavy atom. The lowest BCUT2D eigenvalue weighted by Crippen LogP contribution is -2.29. The Kier molecular flexibility index (Phi) is 3.60. The number of oxazole rings is 1. The van der Waals surface area contributed by atoms with Gasteiger partial charge in [-0.05, 0) is 19.1 Å². The summed E-state index contributed by atoms with van der Waals surface area (Å²) in [7, 11) is 0. The van der Waals surface area contributed by atoms with Crippen LogP contribution in [-0.2, 0) is 0 Å². The molecule has 4 heteroatoms. The van der Waals surface area contributed by atoms with Crippen LogP contribution in [0.4, 0.5) is 0 Å². The highest BCUT2D eigenvalue weighted by Gasteiger charge is 2.19. The molecule has 86 valence electrons. The van der Waals surface area contributed by atoms with Gasteiger partial charge in [0.2, 0.25) is 5.69 Å². The van der Waals surface area contributed by atoms with Crippen LogP contribution in [0.1, 0.15) is 17.0 Å². The van der Waals surface area contributed by atoms with E-state index in [1.807, 2.05) is 31.2 Å². The fourth-order valence-corrected chi connectivity index (χ4v) is 1.51. The minimum absolute atomic E-state index is 0. The van der Waals surface area contributed by atoms with Gasteiger partial charge in [-0.1, -0.05) is 17.7 Å². The summed E-state index contributed by atoms with van der Waals surface area (Å²) >= 11 is 0. The van der Waals surface area contributed by atoms with Crippen LogP contribution in [0.25, 0.3) is 11.5 Å². The minimum Gasteiger partial charge on any atom is -0.616 e. The molecule has 0 atom stereocenters. The number of nitrogens with zero attached hydrogens (tertiary/aromatic N) is 1. The Labute approximate surface area is 101 Å². The van der Waals surface area contributed by atoms with E-state index in [0.29, 0.717) is 17.3 Å². The van der Waals surface area contributed by atoms with E-state index in [2.05, 4.69) is 0 Å². The topological polar surface area (TPSA) is 40.1 Å². The van der Waals surface area contributed by atoms with E-state index in [1.54, 1.807) is 13.8 Å². The van der Waals surface area contributed by atoms with E-state index in [4.69, 9.17) is 4.42 Å². The summed E-state index contributed by atoms with van der Waals surface area (Å²) in [6.45, 7) is 5.54. The fourth-order valence-electron chi connectivity index (χ4n) is 1.51. The molecule has 0 radical (unpaired) electrons. The number of aryl methyl sites for hydroxylation is 2. The minimum atomic E-state index is 0. The van der Waals surface area contributed by atoms with Gasteiger partial charge in [-0.25, -0.2) is 0 Å². The summed E-state index contributed by atoms with van der Waals surface area (Å²) in [6, 6.07) is 7.71. The second kappa shape index (κ2) is 4.58. The van der Waals surface area contributed by atoms with Gasteiger partial charge in [0.1, 0.15) is 0 Å². The van der Waals surface area contributed by atoms with Gasteiger partial charge in [0.15, 0.2) is 5.76 Å². The third-order valence-electron chi connectivity index (χ3n) is 2.51. The monoisotopic (exact) mass is 239 g/mol. The van der Waals surface area contributed by atoms with Crippen LogP contribution in [0.2, 0.25) is 0 Å². The highest BCUT2D eigenvalue weighted by molar-refractivity contribution is 5.85. The molecule has 1 aromatic heterocycles. The number of aromatic nitrogens is 1. The molecule has 0 N–H and O–H groups in total. The second-order valence-corrected chi connectivity index (χ2v) is 3.71. The van der Waals surface area contributed by atoms with Gasteiger partial charge in [0.25, 0.3) is 0 Å². The Morgan fingerprint density at radius 2 is 1.88 bits per heavy atom. The predicted octanol–water partition coefficient (Wildman–Crippen LogP) is 2.93.